The van der Waals surface area contributed by atoms with Gasteiger partial charge in [0.2, 0.25) is 0 Å². The predicted octanol–water partition coefficient (Wildman–Crippen LogP) is 2.49. The molecule has 1 saturated heterocycles. The lowest BCUT2D eigenvalue weighted by atomic mass is 10.3. The number of aliphatic hydroxyl groups is 1. The van der Waals surface area contributed by atoms with Gasteiger partial charge < -0.3 is 14.6 Å². The highest BCUT2D eigenvalue weighted by atomic mass is 35.5. The van der Waals surface area contributed by atoms with Gasteiger partial charge in [-0.2, -0.15) is 0 Å². The Labute approximate surface area is 135 Å². The van der Waals surface area contributed by atoms with E-state index in [0.717, 1.165) is 26.3 Å². The van der Waals surface area contributed by atoms with Crippen molar-refractivity contribution in [1.82, 2.24) is 4.90 Å². The van der Waals surface area contributed by atoms with Gasteiger partial charge in [0.15, 0.2) is 0 Å². The van der Waals surface area contributed by atoms with E-state index in [1.165, 1.54) is 0 Å². The predicted molar refractivity (Wildman–Crippen MR) is 82.5 cm³/mol. The third-order valence-electron chi connectivity index (χ3n) is 2.90. The standard InChI is InChI=1S/C13H17Cl2NO3.ClH/c14-10-1-2-13(12(15)7-10)19-9-11(17)8-16-3-5-18-6-4-16;/h1-2,7,11,17H,3-6,8-9H2;1H. The molecule has 1 heterocycles. The topological polar surface area (TPSA) is 41.9 Å². The maximum atomic E-state index is 9.93. The number of morpholine rings is 1. The molecule has 0 amide bonds. The number of rotatable bonds is 5. The van der Waals surface area contributed by atoms with Crippen molar-refractivity contribution in [2.24, 2.45) is 0 Å². The summed E-state index contributed by atoms with van der Waals surface area (Å²) in [7, 11) is 0. The molecular formula is C13H18Cl3NO3. The van der Waals surface area contributed by atoms with E-state index >= 15 is 0 Å². The highest BCUT2D eigenvalue weighted by molar-refractivity contribution is 6.35. The fraction of sp³-hybridized carbons (Fsp3) is 0.538. The molecule has 7 heteroatoms. The van der Waals surface area contributed by atoms with Crippen LogP contribution in [0.3, 0.4) is 0 Å². The maximum Gasteiger partial charge on any atom is 0.138 e. The summed E-state index contributed by atoms with van der Waals surface area (Å²) in [5, 5.41) is 10.9. The van der Waals surface area contributed by atoms with Crippen LogP contribution in [0.5, 0.6) is 5.75 Å². The van der Waals surface area contributed by atoms with Crippen LogP contribution in [0.1, 0.15) is 0 Å². The number of hydrogen-bond donors (Lipinski definition) is 1. The molecule has 1 unspecified atom stereocenters. The minimum Gasteiger partial charge on any atom is -0.489 e. The normalized spacial score (nSPS) is 17.4. The van der Waals surface area contributed by atoms with Crippen molar-refractivity contribution < 1.29 is 14.6 Å². The van der Waals surface area contributed by atoms with Gasteiger partial charge in [0, 0.05) is 24.7 Å². The Morgan fingerprint density at radius 1 is 1.30 bits per heavy atom. The molecular weight excluding hydrogens is 325 g/mol. The van der Waals surface area contributed by atoms with Gasteiger partial charge in [0.05, 0.1) is 18.2 Å². The van der Waals surface area contributed by atoms with E-state index in [4.69, 9.17) is 32.7 Å². The van der Waals surface area contributed by atoms with Gasteiger partial charge in [-0.3, -0.25) is 4.90 Å². The molecule has 0 aromatic heterocycles. The Kier molecular flexibility index (Phi) is 7.95. The van der Waals surface area contributed by atoms with Crippen LogP contribution in [0.15, 0.2) is 18.2 Å². The first-order valence-corrected chi connectivity index (χ1v) is 6.97. The van der Waals surface area contributed by atoms with Gasteiger partial charge in [-0.25, -0.2) is 0 Å². The Bertz CT molecular complexity index is 414. The summed E-state index contributed by atoms with van der Waals surface area (Å²) in [5.41, 5.74) is 0. The zero-order valence-electron chi connectivity index (χ0n) is 10.9. The number of aliphatic hydroxyl groups excluding tert-OH is 1. The smallest absolute Gasteiger partial charge is 0.138 e. The van der Waals surface area contributed by atoms with E-state index in [2.05, 4.69) is 4.90 Å². The second kappa shape index (κ2) is 8.93. The minimum atomic E-state index is -0.551. The molecule has 114 valence electrons. The van der Waals surface area contributed by atoms with Crippen LogP contribution in [0.25, 0.3) is 0 Å². The molecule has 0 radical (unpaired) electrons. The third kappa shape index (κ3) is 5.64. The van der Waals surface area contributed by atoms with Crippen molar-refractivity contribution in [3.63, 3.8) is 0 Å². The van der Waals surface area contributed by atoms with Crippen molar-refractivity contribution in [3.05, 3.63) is 28.2 Å². The molecule has 1 aromatic carbocycles. The second-order valence-corrected chi connectivity index (χ2v) is 5.30. The summed E-state index contributed by atoms with van der Waals surface area (Å²) < 4.78 is 10.7. The number of ether oxygens (including phenoxy) is 2. The zero-order chi connectivity index (χ0) is 13.7. The zero-order valence-corrected chi connectivity index (χ0v) is 13.3. The van der Waals surface area contributed by atoms with Crippen LogP contribution in [0, 0.1) is 0 Å². The minimum absolute atomic E-state index is 0. The van der Waals surface area contributed by atoms with E-state index < -0.39 is 6.10 Å². The van der Waals surface area contributed by atoms with Gasteiger partial charge >= 0.3 is 0 Å². The quantitative estimate of drug-likeness (QED) is 0.893. The molecule has 0 saturated carbocycles. The van der Waals surface area contributed by atoms with Crippen molar-refractivity contribution >= 4 is 35.6 Å². The largest absolute Gasteiger partial charge is 0.489 e. The molecule has 20 heavy (non-hydrogen) atoms. The molecule has 1 aliphatic heterocycles. The Morgan fingerprint density at radius 2 is 2.00 bits per heavy atom. The highest BCUT2D eigenvalue weighted by Gasteiger charge is 2.15. The maximum absolute atomic E-state index is 9.93. The number of nitrogens with zero attached hydrogens (tertiary/aromatic N) is 1. The van der Waals surface area contributed by atoms with Crippen LogP contribution in [0.4, 0.5) is 0 Å². The summed E-state index contributed by atoms with van der Waals surface area (Å²) in [5.74, 6) is 0.534. The molecule has 0 spiro atoms. The molecule has 2 rings (SSSR count). The summed E-state index contributed by atoms with van der Waals surface area (Å²) >= 11 is 11.8. The molecule has 4 nitrogen and oxygen atoms in total. The number of halogens is 3. The summed E-state index contributed by atoms with van der Waals surface area (Å²) in [6.45, 7) is 3.91. The first-order valence-electron chi connectivity index (χ1n) is 6.21. The van der Waals surface area contributed by atoms with Crippen molar-refractivity contribution in [2.75, 3.05) is 39.5 Å². The summed E-state index contributed by atoms with van der Waals surface area (Å²) in [6.07, 6.45) is -0.551. The molecule has 0 bridgehead atoms. The molecule has 1 atom stereocenters. The van der Waals surface area contributed by atoms with Crippen molar-refractivity contribution in [3.8, 4) is 5.75 Å². The van der Waals surface area contributed by atoms with Gasteiger partial charge in [-0.05, 0) is 18.2 Å². The Balaban J connectivity index is 0.00000200. The van der Waals surface area contributed by atoms with Gasteiger partial charge in [-0.1, -0.05) is 23.2 Å². The Hall–Kier alpha value is -0.230. The number of hydrogen-bond acceptors (Lipinski definition) is 4. The van der Waals surface area contributed by atoms with E-state index in [1.807, 2.05) is 0 Å². The van der Waals surface area contributed by atoms with E-state index in [9.17, 15) is 5.11 Å². The summed E-state index contributed by atoms with van der Waals surface area (Å²) in [4.78, 5) is 2.15. The molecule has 1 aliphatic rings. The lowest BCUT2D eigenvalue weighted by Gasteiger charge is -2.28. The third-order valence-corrected chi connectivity index (χ3v) is 3.43. The van der Waals surface area contributed by atoms with Gasteiger partial charge in [0.25, 0.3) is 0 Å². The first kappa shape index (κ1) is 17.8. The number of benzene rings is 1. The fourth-order valence-corrected chi connectivity index (χ4v) is 2.38. The van der Waals surface area contributed by atoms with Crippen LogP contribution in [-0.4, -0.2) is 55.6 Å². The van der Waals surface area contributed by atoms with E-state index in [-0.39, 0.29) is 19.0 Å². The first-order chi connectivity index (χ1) is 9.15. The average molecular weight is 343 g/mol. The van der Waals surface area contributed by atoms with Crippen LogP contribution in [-0.2, 0) is 4.74 Å². The monoisotopic (exact) mass is 341 g/mol. The van der Waals surface area contributed by atoms with Gasteiger partial charge in [0.1, 0.15) is 18.5 Å². The highest BCUT2D eigenvalue weighted by Crippen LogP contribution is 2.27. The van der Waals surface area contributed by atoms with Crippen molar-refractivity contribution in [1.29, 1.82) is 0 Å². The molecule has 1 aromatic rings. The number of β-amino-alcohol motifs (C(OH)–C–C–N with tert-alkyl or cyclic N) is 1. The SMILES string of the molecule is Cl.OC(COc1ccc(Cl)cc1Cl)CN1CCOCC1. The molecule has 1 fully saturated rings. The van der Waals surface area contributed by atoms with Crippen LogP contribution < -0.4 is 4.74 Å². The van der Waals surface area contributed by atoms with E-state index in [0.29, 0.717) is 22.3 Å². The average Bonchev–Trinajstić information content (AvgIpc) is 2.39. The Morgan fingerprint density at radius 3 is 2.65 bits per heavy atom. The molecule has 0 aliphatic carbocycles. The fourth-order valence-electron chi connectivity index (χ4n) is 1.91. The van der Waals surface area contributed by atoms with Crippen LogP contribution >= 0.6 is 35.6 Å². The van der Waals surface area contributed by atoms with Crippen LogP contribution in [0.2, 0.25) is 10.0 Å². The lowest BCUT2D eigenvalue weighted by Crippen LogP contribution is -2.42. The molecule has 1 N–H and O–H groups in total. The van der Waals surface area contributed by atoms with Gasteiger partial charge in [-0.15, -0.1) is 12.4 Å². The summed E-state index contributed by atoms with van der Waals surface area (Å²) in [6, 6.07) is 5.02. The lowest BCUT2D eigenvalue weighted by molar-refractivity contribution is 0.00467. The van der Waals surface area contributed by atoms with E-state index in [1.54, 1.807) is 18.2 Å². The second-order valence-electron chi connectivity index (χ2n) is 4.45. The van der Waals surface area contributed by atoms with Crippen molar-refractivity contribution in [2.45, 2.75) is 6.10 Å².